The lowest BCUT2D eigenvalue weighted by molar-refractivity contribution is 0.225. The molecule has 96 valence electrons. The summed E-state index contributed by atoms with van der Waals surface area (Å²) in [4.78, 5) is 2.41. The van der Waals surface area contributed by atoms with Gasteiger partial charge in [0.15, 0.2) is 0 Å². The van der Waals surface area contributed by atoms with Gasteiger partial charge in [-0.2, -0.15) is 0 Å². The molecule has 1 aliphatic rings. The first-order valence-corrected chi connectivity index (χ1v) is 6.75. The largest absolute Gasteiger partial charge is 0.468 e. The lowest BCUT2D eigenvalue weighted by Gasteiger charge is -2.27. The minimum atomic E-state index is 0.108. The molecule has 0 amide bonds. The summed E-state index contributed by atoms with van der Waals surface area (Å²) < 4.78 is 5.39. The second-order valence-electron chi connectivity index (χ2n) is 5.27. The number of hydrogen-bond donors (Lipinski definition) is 1. The molecule has 0 radical (unpaired) electrons. The van der Waals surface area contributed by atoms with Crippen molar-refractivity contribution in [2.45, 2.75) is 51.1 Å². The van der Waals surface area contributed by atoms with Crippen molar-refractivity contribution in [3.05, 3.63) is 24.2 Å². The number of nitrogens with two attached hydrogens (primary N) is 1. The fourth-order valence-corrected chi connectivity index (χ4v) is 2.68. The van der Waals surface area contributed by atoms with Crippen molar-refractivity contribution in [3.63, 3.8) is 0 Å². The van der Waals surface area contributed by atoms with E-state index in [2.05, 4.69) is 11.8 Å². The average molecular weight is 236 g/mol. The van der Waals surface area contributed by atoms with Gasteiger partial charge in [0.05, 0.1) is 12.8 Å². The zero-order valence-electron chi connectivity index (χ0n) is 10.8. The monoisotopic (exact) mass is 236 g/mol. The Bertz CT molecular complexity index is 315. The Hall–Kier alpha value is -0.800. The Morgan fingerprint density at radius 3 is 2.76 bits per heavy atom. The molecule has 0 bridgehead atoms. The molecule has 0 aromatic carbocycles. The summed E-state index contributed by atoms with van der Waals surface area (Å²) in [5.74, 6) is 1.05. The van der Waals surface area contributed by atoms with Crippen molar-refractivity contribution in [3.8, 4) is 0 Å². The van der Waals surface area contributed by atoms with Crippen LogP contribution in [0, 0.1) is 0 Å². The molecule has 3 nitrogen and oxygen atoms in total. The number of rotatable bonds is 6. The van der Waals surface area contributed by atoms with E-state index in [1.165, 1.54) is 25.7 Å². The second-order valence-corrected chi connectivity index (χ2v) is 5.27. The maximum absolute atomic E-state index is 6.39. The van der Waals surface area contributed by atoms with Gasteiger partial charge in [-0.15, -0.1) is 0 Å². The summed E-state index contributed by atoms with van der Waals surface area (Å²) in [5.41, 5.74) is 6.49. The highest BCUT2D eigenvalue weighted by molar-refractivity contribution is 4.98. The molecule has 2 rings (SSSR count). The molecule has 1 aromatic rings. The summed E-state index contributed by atoms with van der Waals surface area (Å²) in [7, 11) is 0. The van der Waals surface area contributed by atoms with Gasteiger partial charge in [-0.05, 0) is 37.9 Å². The molecule has 1 fully saturated rings. The minimum absolute atomic E-state index is 0.108. The number of furan rings is 1. The van der Waals surface area contributed by atoms with Crippen molar-refractivity contribution in [2.24, 2.45) is 5.73 Å². The molecule has 1 aromatic heterocycles. The van der Waals surface area contributed by atoms with Crippen molar-refractivity contribution in [1.29, 1.82) is 0 Å². The molecule has 0 aliphatic heterocycles. The molecule has 0 spiro atoms. The van der Waals surface area contributed by atoms with E-state index < -0.39 is 0 Å². The molecule has 0 saturated heterocycles. The zero-order chi connectivity index (χ0) is 12.1. The van der Waals surface area contributed by atoms with Gasteiger partial charge >= 0.3 is 0 Å². The lowest BCUT2D eigenvalue weighted by atomic mass is 9.94. The van der Waals surface area contributed by atoms with Crippen LogP contribution in [0.1, 0.15) is 44.8 Å². The van der Waals surface area contributed by atoms with E-state index >= 15 is 0 Å². The predicted octanol–water partition coefficient (Wildman–Crippen LogP) is 2.76. The Kier molecular flexibility index (Phi) is 4.24. The first-order valence-electron chi connectivity index (χ1n) is 6.75. The van der Waals surface area contributed by atoms with Gasteiger partial charge in [-0.3, -0.25) is 4.90 Å². The summed E-state index contributed by atoms with van der Waals surface area (Å²) in [6.07, 6.45) is 7.87. The van der Waals surface area contributed by atoms with Crippen LogP contribution < -0.4 is 5.73 Å². The van der Waals surface area contributed by atoms with E-state index in [0.717, 1.165) is 31.8 Å². The highest BCUT2D eigenvalue weighted by Crippen LogP contribution is 2.30. The molecule has 0 unspecified atom stereocenters. The van der Waals surface area contributed by atoms with Crippen molar-refractivity contribution in [1.82, 2.24) is 4.90 Å². The summed E-state index contributed by atoms with van der Waals surface area (Å²) in [6.45, 7) is 5.23. The van der Waals surface area contributed by atoms with E-state index in [9.17, 15) is 0 Å². The molecule has 1 saturated carbocycles. The van der Waals surface area contributed by atoms with Gasteiger partial charge in [0, 0.05) is 12.1 Å². The SMILES string of the molecule is CCN(CCC1(N)CCCC1)Cc1ccco1. The first-order chi connectivity index (χ1) is 8.22. The standard InChI is InChI=1S/C14H24N2O/c1-2-16(12-13-6-5-11-17-13)10-9-14(15)7-3-4-8-14/h5-6,11H,2-4,7-10,12,15H2,1H3. The third kappa shape index (κ3) is 3.58. The van der Waals surface area contributed by atoms with Crippen LogP contribution in [0.4, 0.5) is 0 Å². The van der Waals surface area contributed by atoms with Crippen LogP contribution in [-0.2, 0) is 6.54 Å². The van der Waals surface area contributed by atoms with E-state index in [4.69, 9.17) is 10.2 Å². The topological polar surface area (TPSA) is 42.4 Å². The number of hydrogen-bond acceptors (Lipinski definition) is 3. The molecule has 3 heteroatoms. The van der Waals surface area contributed by atoms with Gasteiger partial charge in [-0.25, -0.2) is 0 Å². The first kappa shape index (κ1) is 12.7. The molecule has 0 atom stereocenters. The fraction of sp³-hybridized carbons (Fsp3) is 0.714. The van der Waals surface area contributed by atoms with E-state index in [0.29, 0.717) is 0 Å². The van der Waals surface area contributed by atoms with Crippen LogP contribution in [0.3, 0.4) is 0 Å². The van der Waals surface area contributed by atoms with Gasteiger partial charge in [0.1, 0.15) is 5.76 Å². The quantitative estimate of drug-likeness (QED) is 0.826. The Labute approximate surface area is 104 Å². The van der Waals surface area contributed by atoms with Crippen LogP contribution >= 0.6 is 0 Å². The second kappa shape index (κ2) is 5.69. The van der Waals surface area contributed by atoms with Gasteiger partial charge in [0.25, 0.3) is 0 Å². The normalized spacial score (nSPS) is 19.0. The van der Waals surface area contributed by atoms with Gasteiger partial charge in [-0.1, -0.05) is 19.8 Å². The average Bonchev–Trinajstić information content (AvgIpc) is 2.96. The summed E-state index contributed by atoms with van der Waals surface area (Å²) in [5, 5.41) is 0. The van der Waals surface area contributed by atoms with Crippen LogP contribution in [0.5, 0.6) is 0 Å². The Morgan fingerprint density at radius 2 is 2.18 bits per heavy atom. The van der Waals surface area contributed by atoms with Crippen molar-refractivity contribution in [2.75, 3.05) is 13.1 Å². The van der Waals surface area contributed by atoms with Crippen molar-refractivity contribution < 1.29 is 4.42 Å². The molecule has 1 aliphatic carbocycles. The molecular formula is C14H24N2O. The Balaban J connectivity index is 1.79. The van der Waals surface area contributed by atoms with Gasteiger partial charge in [0.2, 0.25) is 0 Å². The van der Waals surface area contributed by atoms with Crippen LogP contribution in [-0.4, -0.2) is 23.5 Å². The predicted molar refractivity (Wildman–Crippen MR) is 69.7 cm³/mol. The Morgan fingerprint density at radius 1 is 1.41 bits per heavy atom. The van der Waals surface area contributed by atoms with Crippen LogP contribution in [0.2, 0.25) is 0 Å². The highest BCUT2D eigenvalue weighted by atomic mass is 16.3. The molecule has 1 heterocycles. The third-order valence-electron chi connectivity index (χ3n) is 3.93. The smallest absolute Gasteiger partial charge is 0.117 e. The maximum atomic E-state index is 6.39. The molecule has 17 heavy (non-hydrogen) atoms. The third-order valence-corrected chi connectivity index (χ3v) is 3.93. The summed E-state index contributed by atoms with van der Waals surface area (Å²) >= 11 is 0. The lowest BCUT2D eigenvalue weighted by Crippen LogP contribution is -2.40. The van der Waals surface area contributed by atoms with Gasteiger partial charge < -0.3 is 10.2 Å². The van der Waals surface area contributed by atoms with E-state index in [1.807, 2.05) is 12.1 Å². The molecule has 2 N–H and O–H groups in total. The van der Waals surface area contributed by atoms with E-state index in [-0.39, 0.29) is 5.54 Å². The fourth-order valence-electron chi connectivity index (χ4n) is 2.68. The zero-order valence-corrected chi connectivity index (χ0v) is 10.8. The van der Waals surface area contributed by atoms with Crippen LogP contribution in [0.15, 0.2) is 22.8 Å². The van der Waals surface area contributed by atoms with Crippen molar-refractivity contribution >= 4 is 0 Å². The van der Waals surface area contributed by atoms with Crippen LogP contribution in [0.25, 0.3) is 0 Å². The number of nitrogens with zero attached hydrogens (tertiary/aromatic N) is 1. The maximum Gasteiger partial charge on any atom is 0.117 e. The minimum Gasteiger partial charge on any atom is -0.468 e. The summed E-state index contributed by atoms with van der Waals surface area (Å²) in [6, 6.07) is 3.99. The van der Waals surface area contributed by atoms with E-state index in [1.54, 1.807) is 6.26 Å². The highest BCUT2D eigenvalue weighted by Gasteiger charge is 2.29. The molecular weight excluding hydrogens is 212 g/mol.